The second-order valence-corrected chi connectivity index (χ2v) is 16.3. The van der Waals surface area contributed by atoms with E-state index in [0.717, 1.165) is 95.0 Å². The quantitative estimate of drug-likeness (QED) is 0.155. The minimum atomic E-state index is -0.510. The highest BCUT2D eigenvalue weighted by Gasteiger charge is 2.35. The Labute approximate surface area is 352 Å². The average molecular weight is 819 g/mol. The Hall–Kier alpha value is -3.98. The third-order valence-electron chi connectivity index (χ3n) is 11.2. The third kappa shape index (κ3) is 11.0. The van der Waals surface area contributed by atoms with Crippen LogP contribution in [0.2, 0.25) is 0 Å². The summed E-state index contributed by atoms with van der Waals surface area (Å²) in [6, 6.07) is 4.91. The van der Waals surface area contributed by atoms with Crippen LogP contribution in [0.5, 0.6) is 0 Å². The number of piperidine rings is 1. The lowest BCUT2D eigenvalue weighted by Gasteiger charge is -2.30. The number of amides is 1. The first-order valence-corrected chi connectivity index (χ1v) is 22.5. The van der Waals surface area contributed by atoms with E-state index in [9.17, 15) is 10.1 Å². The topological polar surface area (TPSA) is 116 Å². The summed E-state index contributed by atoms with van der Waals surface area (Å²) in [4.78, 5) is 22.8. The molecule has 1 amide bonds. The molecule has 4 heterocycles. The van der Waals surface area contributed by atoms with Gasteiger partial charge in [0.15, 0.2) is 0 Å². The molecule has 0 radical (unpaired) electrons. The number of methoxy groups -OCH3 is 1. The van der Waals surface area contributed by atoms with Crippen molar-refractivity contribution in [3.8, 4) is 17.2 Å². The molecule has 3 atom stereocenters. The Morgan fingerprint density at radius 2 is 1.72 bits per heavy atom. The molecule has 2 fully saturated rings. The predicted octanol–water partition coefficient (Wildman–Crippen LogP) is 11.0. The van der Waals surface area contributed by atoms with Crippen molar-refractivity contribution in [2.24, 2.45) is 10.9 Å². The fourth-order valence-corrected chi connectivity index (χ4v) is 8.39. The number of allylic oxidation sites excluding steroid dienone is 1. The summed E-state index contributed by atoms with van der Waals surface area (Å²) in [7, 11) is 3.60. The molecular weight excluding hydrogens is 748 g/mol. The molecule has 0 saturated carbocycles. The summed E-state index contributed by atoms with van der Waals surface area (Å²) in [5, 5.41) is 14.6. The number of carbonyl (C=O) groups excluding carboxylic acids is 1. The molecule has 3 unspecified atom stereocenters. The van der Waals surface area contributed by atoms with E-state index < -0.39 is 11.9 Å². The van der Waals surface area contributed by atoms with E-state index in [-0.39, 0.29) is 12.0 Å². The average Bonchev–Trinajstić information content (AvgIpc) is 3.96. The van der Waals surface area contributed by atoms with E-state index >= 15 is 4.39 Å². The Morgan fingerprint density at radius 3 is 2.31 bits per heavy atom. The number of likely N-dealkylation sites (tertiary alicyclic amines) is 2. The number of carbonyl (C=O) groups is 1. The second-order valence-electron chi connectivity index (χ2n) is 15.3. The number of halogens is 1. The number of thiophene rings is 1. The standard InChI is InChI=1S/C37H45FN6O3S.2C4H10.C2H6/c1-7-8-11-30(44-16-20(2)29(17-44)46-6)42-36(41-28-10-9-14-43(5)37(28)45)32-22(4)21(3)31(25-18-47-19-26(25)32)23-12-13-27(38)34-33(23)24(15-39)35(40)48-34;2*1-3-4-2;1-2/h11-13,20,28-29H,7-10,14,16-19,40H2,1-6H3,(H,41,42);2*3-4H2,1-2H3;1-2H3/b30-11-;;;. The third-order valence-corrected chi connectivity index (χ3v) is 12.2. The Balaban J connectivity index is 0.000000814. The lowest BCUT2D eigenvalue weighted by atomic mass is 9.84. The van der Waals surface area contributed by atoms with Crippen molar-refractivity contribution in [1.82, 2.24) is 15.1 Å². The predicted molar refractivity (Wildman–Crippen MR) is 242 cm³/mol. The van der Waals surface area contributed by atoms with Gasteiger partial charge in [0.1, 0.15) is 34.6 Å². The zero-order chi connectivity index (χ0) is 43.1. The Bertz CT molecular complexity index is 1920. The lowest BCUT2D eigenvalue weighted by molar-refractivity contribution is -0.133. The largest absolute Gasteiger partial charge is 0.389 e. The minimum absolute atomic E-state index is 0.0144. The maximum atomic E-state index is 15.1. The number of nitriles is 1. The van der Waals surface area contributed by atoms with E-state index in [0.29, 0.717) is 52.0 Å². The van der Waals surface area contributed by atoms with E-state index in [1.54, 1.807) is 18.1 Å². The van der Waals surface area contributed by atoms with Crippen molar-refractivity contribution >= 4 is 38.2 Å². The highest BCUT2D eigenvalue weighted by molar-refractivity contribution is 7.23. The van der Waals surface area contributed by atoms with Crippen LogP contribution in [0, 0.1) is 36.9 Å². The van der Waals surface area contributed by atoms with E-state index in [2.05, 4.69) is 77.8 Å². The van der Waals surface area contributed by atoms with Crippen molar-refractivity contribution in [2.75, 3.05) is 39.5 Å². The molecule has 0 bridgehead atoms. The number of benzene rings is 2. The fourth-order valence-electron chi connectivity index (χ4n) is 7.44. The summed E-state index contributed by atoms with van der Waals surface area (Å²) >= 11 is 1.10. The number of rotatable bonds is 10. The number of hydrogen-bond acceptors (Lipinski definition) is 8. The summed E-state index contributed by atoms with van der Waals surface area (Å²) in [5.41, 5.74) is 13.0. The van der Waals surface area contributed by atoms with Crippen LogP contribution in [0.25, 0.3) is 21.2 Å². The number of nitrogen functional groups attached to an aromatic ring is 1. The molecule has 0 aliphatic carbocycles. The smallest absolute Gasteiger partial charge is 0.247 e. The number of fused-ring (bicyclic) bond motifs is 2. The first-order chi connectivity index (χ1) is 27.9. The SMILES string of the molecule is CC.CCC/C=C(/NC(=NC1CCCN(C)C1=O)c1c(C)c(C)c(-c2ccc(F)c3sc(N)c(C#N)c23)c2c1COC2)N1CC(C)C(OC)C1.CCCC.CCCC. The maximum absolute atomic E-state index is 15.1. The van der Waals surface area contributed by atoms with Crippen molar-refractivity contribution in [3.63, 3.8) is 0 Å². The molecule has 3 aromatic rings. The first-order valence-electron chi connectivity index (χ1n) is 21.6. The van der Waals surface area contributed by atoms with E-state index in [4.69, 9.17) is 20.2 Å². The van der Waals surface area contributed by atoms with Gasteiger partial charge in [0.2, 0.25) is 5.91 Å². The number of ether oxygens (including phenoxy) is 2. The number of amidine groups is 1. The van der Waals surface area contributed by atoms with Crippen LogP contribution in [0.15, 0.2) is 29.0 Å². The summed E-state index contributed by atoms with van der Waals surface area (Å²) in [6.45, 7) is 24.2. The van der Waals surface area contributed by atoms with Crippen LogP contribution >= 0.6 is 11.3 Å². The van der Waals surface area contributed by atoms with Gasteiger partial charge in [0.05, 0.1) is 29.6 Å². The number of likely N-dealkylation sites (N-methyl/N-ethyl adjacent to an activating group) is 1. The first kappa shape index (κ1) is 48.4. The van der Waals surface area contributed by atoms with Crippen molar-refractivity contribution in [3.05, 3.63) is 63.2 Å². The van der Waals surface area contributed by atoms with Crippen LogP contribution in [0.1, 0.15) is 140 Å². The fraction of sp³-hybridized carbons (Fsp3) is 0.596. The second kappa shape index (κ2) is 23.6. The number of hydrogen-bond donors (Lipinski definition) is 2. The van der Waals surface area contributed by atoms with Crippen molar-refractivity contribution < 1.29 is 18.7 Å². The molecule has 2 saturated heterocycles. The van der Waals surface area contributed by atoms with Gasteiger partial charge in [-0.1, -0.05) is 93.6 Å². The number of nitrogens with two attached hydrogens (primary N) is 1. The molecular formula is C47H71FN6O3S. The van der Waals surface area contributed by atoms with Crippen molar-refractivity contribution in [2.45, 2.75) is 146 Å². The van der Waals surface area contributed by atoms with E-state index in [1.807, 2.05) is 20.9 Å². The molecule has 58 heavy (non-hydrogen) atoms. The highest BCUT2D eigenvalue weighted by atomic mass is 32.1. The molecule has 320 valence electrons. The summed E-state index contributed by atoms with van der Waals surface area (Å²) in [5.74, 6) is 1.58. The van der Waals surface area contributed by atoms with Gasteiger partial charge in [-0.2, -0.15) is 5.26 Å². The van der Waals surface area contributed by atoms with Gasteiger partial charge in [-0.15, -0.1) is 11.3 Å². The van der Waals surface area contributed by atoms with Gasteiger partial charge < -0.3 is 30.3 Å². The van der Waals surface area contributed by atoms with Crippen LogP contribution in [-0.2, 0) is 27.5 Å². The Morgan fingerprint density at radius 1 is 1.07 bits per heavy atom. The highest BCUT2D eigenvalue weighted by Crippen LogP contribution is 2.46. The summed E-state index contributed by atoms with van der Waals surface area (Å²) in [6.07, 6.45) is 11.0. The minimum Gasteiger partial charge on any atom is -0.389 e. The number of anilines is 1. The van der Waals surface area contributed by atoms with Gasteiger partial charge in [0, 0.05) is 50.7 Å². The molecule has 6 rings (SSSR count). The normalized spacial score (nSPS) is 19.1. The summed E-state index contributed by atoms with van der Waals surface area (Å²) < 4.78 is 27.4. The zero-order valence-electron chi connectivity index (χ0n) is 37.5. The molecule has 3 aliphatic heterocycles. The molecule has 3 N–H and O–H groups in total. The number of nitrogens with zero attached hydrogens (tertiary/aromatic N) is 4. The van der Waals surface area contributed by atoms with Crippen LogP contribution in [0.4, 0.5) is 9.39 Å². The number of nitrogens with one attached hydrogen (secondary N) is 1. The Kier molecular flexibility index (Phi) is 19.7. The van der Waals surface area contributed by atoms with Crippen LogP contribution in [0.3, 0.4) is 0 Å². The molecule has 9 nitrogen and oxygen atoms in total. The van der Waals surface area contributed by atoms with Gasteiger partial charge in [-0.3, -0.25) is 9.79 Å². The van der Waals surface area contributed by atoms with Gasteiger partial charge in [-0.25, -0.2) is 4.39 Å². The van der Waals surface area contributed by atoms with Gasteiger partial charge in [0.25, 0.3) is 0 Å². The molecule has 2 aromatic carbocycles. The molecule has 0 spiro atoms. The van der Waals surface area contributed by atoms with Crippen LogP contribution < -0.4 is 11.1 Å². The number of aliphatic imine (C=N–C) groups is 1. The number of unbranched alkanes of at least 4 members (excludes halogenated alkanes) is 3. The molecule has 1 aromatic heterocycles. The molecule has 3 aliphatic rings. The monoisotopic (exact) mass is 819 g/mol. The maximum Gasteiger partial charge on any atom is 0.247 e. The van der Waals surface area contributed by atoms with Gasteiger partial charge in [-0.05, 0) is 78.6 Å². The van der Waals surface area contributed by atoms with Gasteiger partial charge >= 0.3 is 0 Å². The van der Waals surface area contributed by atoms with E-state index in [1.165, 1.54) is 31.7 Å². The zero-order valence-corrected chi connectivity index (χ0v) is 38.4. The lowest BCUT2D eigenvalue weighted by Crippen LogP contribution is -2.43. The van der Waals surface area contributed by atoms with Crippen molar-refractivity contribution in [1.29, 1.82) is 5.26 Å². The molecule has 11 heteroatoms. The van der Waals surface area contributed by atoms with Crippen LogP contribution in [-0.4, -0.2) is 67.5 Å².